The average molecular weight is 288 g/mol. The number of anilines is 1. The van der Waals surface area contributed by atoms with Crippen LogP contribution in [-0.2, 0) is 9.59 Å². The van der Waals surface area contributed by atoms with Crippen molar-refractivity contribution in [2.45, 2.75) is 19.5 Å². The molecule has 0 saturated carbocycles. The lowest BCUT2D eigenvalue weighted by atomic mass is 10.1. The van der Waals surface area contributed by atoms with E-state index in [1.807, 2.05) is 5.32 Å². The molecule has 4 nitrogen and oxygen atoms in total. The maximum Gasteiger partial charge on any atom is 0.450 e. The van der Waals surface area contributed by atoms with E-state index in [0.29, 0.717) is 5.56 Å². The first-order valence-corrected chi connectivity index (χ1v) is 5.25. The number of hydrogen-bond donors (Lipinski definition) is 1. The number of alkyl halides is 3. The highest BCUT2D eigenvalue weighted by Gasteiger charge is 2.39. The molecule has 0 heterocycles. The summed E-state index contributed by atoms with van der Waals surface area (Å²) < 4.78 is 49.3. The monoisotopic (exact) mass is 288 g/mol. The molecule has 0 aliphatic rings. The first kappa shape index (κ1) is 15.6. The van der Waals surface area contributed by atoms with Gasteiger partial charge in [-0.2, -0.15) is 18.4 Å². The molecule has 8 heteroatoms. The summed E-state index contributed by atoms with van der Waals surface area (Å²) in [6.45, 7) is 1.47. The SMILES string of the molecule is Cc1cc(NC(=O)CC(=O)C(F)(F)F)c(F)cc1C#N. The van der Waals surface area contributed by atoms with Crippen LogP contribution in [0.1, 0.15) is 17.5 Å². The quantitative estimate of drug-likeness (QED) is 0.686. The number of halogens is 4. The Hall–Kier alpha value is -2.43. The fourth-order valence-corrected chi connectivity index (χ4v) is 1.34. The standard InChI is InChI=1S/C12H8F4N2O2/c1-6-2-9(8(13)3-7(6)5-17)18-11(20)4-10(19)12(14,15)16/h2-3H,4H2,1H3,(H,18,20). The molecule has 0 spiro atoms. The molecule has 0 radical (unpaired) electrons. The number of nitriles is 1. The molecule has 106 valence electrons. The molecule has 1 aromatic carbocycles. The molecule has 1 amide bonds. The summed E-state index contributed by atoms with van der Waals surface area (Å²) in [4.78, 5) is 21.8. The molecule has 0 fully saturated rings. The molecule has 1 N–H and O–H groups in total. The number of rotatable bonds is 3. The van der Waals surface area contributed by atoms with Gasteiger partial charge in [-0.25, -0.2) is 4.39 Å². The molecule has 0 aliphatic heterocycles. The molecule has 0 atom stereocenters. The fourth-order valence-electron chi connectivity index (χ4n) is 1.34. The molecule has 20 heavy (non-hydrogen) atoms. The van der Waals surface area contributed by atoms with Crippen molar-refractivity contribution in [3.8, 4) is 6.07 Å². The van der Waals surface area contributed by atoms with E-state index in [9.17, 15) is 27.2 Å². The van der Waals surface area contributed by atoms with Crippen LogP contribution in [0.5, 0.6) is 0 Å². The van der Waals surface area contributed by atoms with Crippen LogP contribution in [0.2, 0.25) is 0 Å². The number of ketones is 1. The predicted octanol–water partition coefficient (Wildman–Crippen LogP) is 2.47. The van der Waals surface area contributed by atoms with Gasteiger partial charge in [0.2, 0.25) is 11.7 Å². The Kier molecular flexibility index (Phi) is 4.45. The normalized spacial score (nSPS) is 10.8. The van der Waals surface area contributed by atoms with E-state index in [0.717, 1.165) is 12.1 Å². The van der Waals surface area contributed by atoms with Crippen LogP contribution >= 0.6 is 0 Å². The maximum atomic E-state index is 13.5. The Bertz CT molecular complexity index is 603. The Balaban J connectivity index is 2.85. The summed E-state index contributed by atoms with van der Waals surface area (Å²) in [6.07, 6.45) is -6.54. The van der Waals surface area contributed by atoms with Crippen molar-refractivity contribution in [2.75, 3.05) is 5.32 Å². The summed E-state index contributed by atoms with van der Waals surface area (Å²) >= 11 is 0. The average Bonchev–Trinajstić information content (AvgIpc) is 2.32. The van der Waals surface area contributed by atoms with Crippen molar-refractivity contribution in [1.82, 2.24) is 0 Å². The minimum atomic E-state index is -5.11. The molecule has 0 aliphatic carbocycles. The number of carbonyl (C=O) groups is 2. The predicted molar refractivity (Wildman–Crippen MR) is 60.2 cm³/mol. The van der Waals surface area contributed by atoms with Crippen molar-refractivity contribution in [3.63, 3.8) is 0 Å². The number of Topliss-reactive ketones (excluding diaryl/α,β-unsaturated/α-hetero) is 1. The van der Waals surface area contributed by atoms with Gasteiger partial charge in [-0.3, -0.25) is 9.59 Å². The number of carbonyl (C=O) groups excluding carboxylic acids is 2. The van der Waals surface area contributed by atoms with Crippen LogP contribution in [0, 0.1) is 24.1 Å². The Morgan fingerprint density at radius 1 is 1.35 bits per heavy atom. The van der Waals surface area contributed by atoms with Gasteiger partial charge in [-0.15, -0.1) is 0 Å². The van der Waals surface area contributed by atoms with E-state index in [1.165, 1.54) is 6.92 Å². The number of amides is 1. The molecule has 0 saturated heterocycles. The van der Waals surface area contributed by atoms with Crippen LogP contribution in [0.3, 0.4) is 0 Å². The molecule has 1 aromatic rings. The van der Waals surface area contributed by atoms with E-state index in [4.69, 9.17) is 5.26 Å². The number of benzene rings is 1. The summed E-state index contributed by atoms with van der Waals surface area (Å²) in [5.74, 6) is -4.48. The first-order chi connectivity index (χ1) is 9.15. The van der Waals surface area contributed by atoms with E-state index in [2.05, 4.69) is 0 Å². The number of nitrogens with zero attached hydrogens (tertiary/aromatic N) is 1. The third-order valence-corrected chi connectivity index (χ3v) is 2.35. The van der Waals surface area contributed by atoms with Gasteiger partial charge in [-0.05, 0) is 24.6 Å². The minimum Gasteiger partial charge on any atom is -0.323 e. The van der Waals surface area contributed by atoms with Gasteiger partial charge in [0.25, 0.3) is 0 Å². The van der Waals surface area contributed by atoms with Gasteiger partial charge >= 0.3 is 6.18 Å². The van der Waals surface area contributed by atoms with Crippen LogP contribution in [0.25, 0.3) is 0 Å². The highest BCUT2D eigenvalue weighted by molar-refractivity contribution is 6.06. The summed E-state index contributed by atoms with van der Waals surface area (Å²) in [5, 5.41) is 10.5. The van der Waals surface area contributed by atoms with Crippen LogP contribution in [-0.4, -0.2) is 17.9 Å². The largest absolute Gasteiger partial charge is 0.450 e. The smallest absolute Gasteiger partial charge is 0.323 e. The van der Waals surface area contributed by atoms with Crippen molar-refractivity contribution in [2.24, 2.45) is 0 Å². The highest BCUT2D eigenvalue weighted by atomic mass is 19.4. The maximum absolute atomic E-state index is 13.5. The van der Waals surface area contributed by atoms with Crippen molar-refractivity contribution in [1.29, 1.82) is 5.26 Å². The Labute approximate surface area is 111 Å². The van der Waals surface area contributed by atoms with Gasteiger partial charge < -0.3 is 5.32 Å². The lowest BCUT2D eigenvalue weighted by Gasteiger charge is -2.09. The van der Waals surface area contributed by atoms with Crippen LogP contribution < -0.4 is 5.32 Å². The molecular formula is C12H8F4N2O2. The molecule has 1 rings (SSSR count). The Morgan fingerprint density at radius 3 is 2.45 bits per heavy atom. The first-order valence-electron chi connectivity index (χ1n) is 5.25. The minimum absolute atomic E-state index is 0.0341. The van der Waals surface area contributed by atoms with Crippen molar-refractivity contribution < 1.29 is 27.2 Å². The fraction of sp³-hybridized carbons (Fsp3) is 0.250. The topological polar surface area (TPSA) is 70.0 Å². The second-order valence-corrected chi connectivity index (χ2v) is 3.90. The molecule has 0 bridgehead atoms. The van der Waals surface area contributed by atoms with Gasteiger partial charge in [-0.1, -0.05) is 0 Å². The van der Waals surface area contributed by atoms with Gasteiger partial charge in [0.05, 0.1) is 23.7 Å². The zero-order valence-corrected chi connectivity index (χ0v) is 10.1. The number of nitrogens with one attached hydrogen (secondary N) is 1. The van der Waals surface area contributed by atoms with E-state index < -0.39 is 30.1 Å². The van der Waals surface area contributed by atoms with E-state index >= 15 is 0 Å². The third-order valence-electron chi connectivity index (χ3n) is 2.35. The summed E-state index contributed by atoms with van der Waals surface area (Å²) in [7, 11) is 0. The molecular weight excluding hydrogens is 280 g/mol. The second kappa shape index (κ2) is 5.69. The molecule has 0 aromatic heterocycles. The number of aryl methyl sites for hydroxylation is 1. The van der Waals surface area contributed by atoms with Gasteiger partial charge in [0, 0.05) is 0 Å². The van der Waals surface area contributed by atoms with Gasteiger partial charge in [0.15, 0.2) is 0 Å². The zero-order valence-electron chi connectivity index (χ0n) is 10.1. The van der Waals surface area contributed by atoms with E-state index in [-0.39, 0.29) is 11.3 Å². The van der Waals surface area contributed by atoms with Crippen LogP contribution in [0.15, 0.2) is 12.1 Å². The van der Waals surface area contributed by atoms with Crippen molar-refractivity contribution in [3.05, 3.63) is 29.1 Å². The van der Waals surface area contributed by atoms with Crippen LogP contribution in [0.4, 0.5) is 23.2 Å². The lowest BCUT2D eigenvalue weighted by Crippen LogP contribution is -2.28. The molecule has 0 unspecified atom stereocenters. The van der Waals surface area contributed by atoms with Gasteiger partial charge in [0.1, 0.15) is 5.82 Å². The Morgan fingerprint density at radius 2 is 1.95 bits per heavy atom. The second-order valence-electron chi connectivity index (χ2n) is 3.90. The highest BCUT2D eigenvalue weighted by Crippen LogP contribution is 2.21. The zero-order chi connectivity index (χ0) is 15.5. The third kappa shape index (κ3) is 3.78. The lowest BCUT2D eigenvalue weighted by molar-refractivity contribution is -0.171. The summed E-state index contributed by atoms with van der Waals surface area (Å²) in [6, 6.07) is 3.66. The number of hydrogen-bond acceptors (Lipinski definition) is 3. The van der Waals surface area contributed by atoms with E-state index in [1.54, 1.807) is 6.07 Å². The van der Waals surface area contributed by atoms with Crippen molar-refractivity contribution >= 4 is 17.4 Å². The summed E-state index contributed by atoms with van der Waals surface area (Å²) in [5.41, 5.74) is -0.0142.